The van der Waals surface area contributed by atoms with Crippen LogP contribution in [0.25, 0.3) is 27.6 Å². The van der Waals surface area contributed by atoms with Crippen LogP contribution in [-0.2, 0) is 10.2 Å². The van der Waals surface area contributed by atoms with Crippen LogP contribution in [0.15, 0.2) is 109 Å². The summed E-state index contributed by atoms with van der Waals surface area (Å²) in [5, 5.41) is 19.2. The largest absolute Gasteiger partial charge is 0.477 e. The van der Waals surface area contributed by atoms with Crippen molar-refractivity contribution in [3.63, 3.8) is 0 Å². The van der Waals surface area contributed by atoms with Gasteiger partial charge in [0, 0.05) is 28.7 Å². The summed E-state index contributed by atoms with van der Waals surface area (Å²) in [5.41, 5.74) is 9.46. The predicted molar refractivity (Wildman–Crippen MR) is 207 cm³/mol. The molecular formula is C44H45N3O2S. The molecule has 6 heteroatoms. The molecule has 0 unspecified atom stereocenters. The van der Waals surface area contributed by atoms with E-state index in [-0.39, 0.29) is 11.0 Å². The van der Waals surface area contributed by atoms with E-state index in [0.717, 1.165) is 53.2 Å². The molecule has 0 fully saturated rings. The van der Waals surface area contributed by atoms with E-state index in [2.05, 4.69) is 121 Å². The second-order valence-corrected chi connectivity index (χ2v) is 14.3. The van der Waals surface area contributed by atoms with Gasteiger partial charge in [-0.1, -0.05) is 120 Å². The van der Waals surface area contributed by atoms with E-state index in [0.29, 0.717) is 5.01 Å². The van der Waals surface area contributed by atoms with Crippen LogP contribution in [0.1, 0.15) is 94.2 Å². The number of carbonyl (C=O) groups is 1. The number of carboxylic acid groups (broad SMARTS) is 1. The number of unbranched alkanes of at least 4 members (excludes halogenated alkanes) is 6. The summed E-state index contributed by atoms with van der Waals surface area (Å²) in [5.74, 6) is -1.24. The summed E-state index contributed by atoms with van der Waals surface area (Å²) in [6.45, 7) is 4.55. The smallest absolute Gasteiger partial charge is 0.346 e. The van der Waals surface area contributed by atoms with Crippen molar-refractivity contribution in [2.45, 2.75) is 83.5 Å². The summed E-state index contributed by atoms with van der Waals surface area (Å²) < 4.78 is 0. The third-order valence-electron chi connectivity index (χ3n) is 9.97. The maximum absolute atomic E-state index is 11.5. The van der Waals surface area contributed by atoms with E-state index < -0.39 is 5.97 Å². The van der Waals surface area contributed by atoms with E-state index in [9.17, 15) is 15.2 Å². The molecule has 4 aromatic carbocycles. The van der Waals surface area contributed by atoms with E-state index in [4.69, 9.17) is 0 Å². The first-order valence-corrected chi connectivity index (χ1v) is 18.8. The van der Waals surface area contributed by atoms with Crippen LogP contribution < -0.4 is 4.90 Å². The zero-order valence-electron chi connectivity index (χ0n) is 29.1. The van der Waals surface area contributed by atoms with Crippen LogP contribution in [0, 0.1) is 11.3 Å². The number of carboxylic acids is 1. The fourth-order valence-electron chi connectivity index (χ4n) is 7.50. The van der Waals surface area contributed by atoms with Crippen molar-refractivity contribution >= 4 is 40.4 Å². The molecule has 0 saturated heterocycles. The van der Waals surface area contributed by atoms with Crippen molar-refractivity contribution < 1.29 is 9.90 Å². The van der Waals surface area contributed by atoms with Gasteiger partial charge >= 0.3 is 5.97 Å². The number of anilines is 3. The quantitative estimate of drug-likeness (QED) is 0.0638. The van der Waals surface area contributed by atoms with Gasteiger partial charge in [0.2, 0.25) is 0 Å². The first-order valence-electron chi connectivity index (χ1n) is 18.0. The van der Waals surface area contributed by atoms with Crippen molar-refractivity contribution in [3.8, 4) is 27.6 Å². The molecule has 254 valence electrons. The molecule has 1 N–H and O–H groups in total. The van der Waals surface area contributed by atoms with Crippen LogP contribution in [0.5, 0.6) is 0 Å². The van der Waals surface area contributed by atoms with E-state index in [1.54, 1.807) is 12.3 Å². The molecule has 1 aliphatic rings. The molecule has 5 aromatic rings. The number of aliphatic carboxylic acids is 1. The van der Waals surface area contributed by atoms with Gasteiger partial charge in [0.1, 0.15) is 16.6 Å². The summed E-state index contributed by atoms with van der Waals surface area (Å²) >= 11 is 1.42. The third-order valence-corrected chi connectivity index (χ3v) is 11.0. The van der Waals surface area contributed by atoms with Crippen molar-refractivity contribution in [1.29, 1.82) is 5.26 Å². The lowest BCUT2D eigenvalue weighted by molar-refractivity contribution is -0.132. The Morgan fingerprint density at radius 1 is 0.780 bits per heavy atom. The SMILES string of the molecule is CCCCCCC1(CCCCCC)c2cc(-c3cnc(/C=C(\C#N)C(=O)O)s3)ccc2-c2ccc(N(c3ccccc3)c3ccccc3)cc21. The normalized spacial score (nSPS) is 13.0. The number of rotatable bonds is 16. The fourth-order valence-corrected chi connectivity index (χ4v) is 8.36. The first-order chi connectivity index (χ1) is 24.5. The topological polar surface area (TPSA) is 77.2 Å². The van der Waals surface area contributed by atoms with Gasteiger partial charge < -0.3 is 10.0 Å². The maximum Gasteiger partial charge on any atom is 0.346 e. The van der Waals surface area contributed by atoms with Crippen LogP contribution in [0.3, 0.4) is 0 Å². The molecule has 0 radical (unpaired) electrons. The zero-order valence-corrected chi connectivity index (χ0v) is 29.9. The maximum atomic E-state index is 11.5. The third kappa shape index (κ3) is 7.29. The lowest BCUT2D eigenvalue weighted by atomic mass is 9.70. The highest BCUT2D eigenvalue weighted by atomic mass is 32.1. The second-order valence-electron chi connectivity index (χ2n) is 13.2. The van der Waals surface area contributed by atoms with E-state index in [1.165, 1.54) is 78.2 Å². The second kappa shape index (κ2) is 16.1. The van der Waals surface area contributed by atoms with E-state index in [1.807, 2.05) is 0 Å². The Bertz CT molecular complexity index is 1940. The minimum absolute atomic E-state index is 0.137. The average molecular weight is 680 g/mol. The van der Waals surface area contributed by atoms with Crippen LogP contribution in [0.2, 0.25) is 0 Å². The monoisotopic (exact) mass is 679 g/mol. The standard InChI is InChI=1S/C44H45N3O2S/c1-3-5-7-15-25-44(26-16-8-6-4-2)39-27-32(41-31-46-42(50-41)28-33(30-45)43(48)49)21-23-37(39)38-24-22-36(29-40(38)44)47(34-17-11-9-12-18-34)35-19-13-10-14-20-35/h9-14,17-24,27-29,31H,3-8,15-16,25-26H2,1-2H3,(H,48,49)/b33-28+. The highest BCUT2D eigenvalue weighted by Gasteiger charge is 2.43. The molecule has 1 aromatic heterocycles. The van der Waals surface area contributed by atoms with Crippen LogP contribution in [0.4, 0.5) is 17.1 Å². The van der Waals surface area contributed by atoms with Gasteiger partial charge in [-0.25, -0.2) is 9.78 Å². The Morgan fingerprint density at radius 2 is 1.36 bits per heavy atom. The van der Waals surface area contributed by atoms with Crippen LogP contribution >= 0.6 is 11.3 Å². The Balaban J connectivity index is 1.50. The summed E-state index contributed by atoms with van der Waals surface area (Å²) in [7, 11) is 0. The number of para-hydroxylation sites is 2. The van der Waals surface area contributed by atoms with Gasteiger partial charge in [-0.05, 0) is 89.2 Å². The number of hydrogen-bond donors (Lipinski definition) is 1. The number of nitrogens with zero attached hydrogens (tertiary/aromatic N) is 3. The number of nitriles is 1. The minimum atomic E-state index is -1.24. The molecule has 0 aliphatic heterocycles. The highest BCUT2D eigenvalue weighted by molar-refractivity contribution is 7.16. The average Bonchev–Trinajstić information content (AvgIpc) is 3.72. The number of hydrogen-bond acceptors (Lipinski definition) is 5. The Morgan fingerprint density at radius 3 is 1.92 bits per heavy atom. The molecule has 50 heavy (non-hydrogen) atoms. The number of benzene rings is 4. The number of fused-ring (bicyclic) bond motifs is 3. The highest BCUT2D eigenvalue weighted by Crippen LogP contribution is 2.56. The fraction of sp³-hybridized carbons (Fsp3) is 0.295. The molecule has 6 rings (SSSR count). The molecule has 5 nitrogen and oxygen atoms in total. The first kappa shape index (κ1) is 34.9. The van der Waals surface area contributed by atoms with Gasteiger partial charge in [0.25, 0.3) is 0 Å². The minimum Gasteiger partial charge on any atom is -0.477 e. The van der Waals surface area contributed by atoms with Gasteiger partial charge in [-0.15, -0.1) is 11.3 Å². The van der Waals surface area contributed by atoms with Crippen molar-refractivity contribution in [1.82, 2.24) is 4.98 Å². The molecule has 1 aliphatic carbocycles. The molecule has 0 saturated carbocycles. The molecule has 1 heterocycles. The molecule has 0 atom stereocenters. The molecule has 0 amide bonds. The number of thiazole rings is 1. The Hall–Kier alpha value is -4.99. The molecular weight excluding hydrogens is 635 g/mol. The van der Waals surface area contributed by atoms with Crippen molar-refractivity contribution in [2.24, 2.45) is 0 Å². The van der Waals surface area contributed by atoms with Crippen LogP contribution in [-0.4, -0.2) is 16.1 Å². The summed E-state index contributed by atoms with van der Waals surface area (Å²) in [4.78, 5) is 19.3. The summed E-state index contributed by atoms with van der Waals surface area (Å²) in [6.07, 6.45) is 15.0. The van der Waals surface area contributed by atoms with Crippen molar-refractivity contribution in [2.75, 3.05) is 4.90 Å². The van der Waals surface area contributed by atoms with Crippen molar-refractivity contribution in [3.05, 3.63) is 125 Å². The van der Waals surface area contributed by atoms with E-state index >= 15 is 0 Å². The number of aromatic nitrogens is 1. The lowest BCUT2D eigenvalue weighted by Crippen LogP contribution is -2.26. The van der Waals surface area contributed by atoms with Gasteiger partial charge in [-0.2, -0.15) is 5.26 Å². The zero-order chi connectivity index (χ0) is 34.9. The molecule has 0 spiro atoms. The predicted octanol–water partition coefficient (Wildman–Crippen LogP) is 12.5. The van der Waals surface area contributed by atoms with Gasteiger partial charge in [-0.3, -0.25) is 0 Å². The lowest BCUT2D eigenvalue weighted by Gasteiger charge is -2.34. The Kier molecular flexibility index (Phi) is 11.3. The van der Waals surface area contributed by atoms with Gasteiger partial charge in [0.05, 0.1) is 4.88 Å². The summed E-state index contributed by atoms with van der Waals surface area (Å²) in [6, 6.07) is 36.9. The Labute approximate surface area is 300 Å². The molecule has 0 bridgehead atoms. The van der Waals surface area contributed by atoms with Gasteiger partial charge in [0.15, 0.2) is 0 Å².